The van der Waals surface area contributed by atoms with Gasteiger partial charge in [-0.05, 0) is 89.7 Å². The third kappa shape index (κ3) is 14.3. The summed E-state index contributed by atoms with van der Waals surface area (Å²) in [5, 5.41) is 5.60. The largest absolute Gasteiger partial charge is 0.497 e. The number of allylic oxidation sites excluding steroid dienone is 1. The topological polar surface area (TPSA) is 190 Å². The SMILES string of the molecule is C=CCCCCO[C@H](C)C(=O)N1CCCC1C.COc1ccc2c(=O)[nH]c(-c3nc(C(C)C)cs3)nc2c1.O=CNC1CC1.O=CNS(=O)(=O)C1CC1. The van der Waals surface area contributed by atoms with Gasteiger partial charge in [0.25, 0.3) is 11.5 Å². The highest BCUT2D eigenvalue weighted by molar-refractivity contribution is 7.90. The first kappa shape index (κ1) is 43.3. The highest BCUT2D eigenvalue weighted by atomic mass is 32.2. The minimum atomic E-state index is -3.26. The molecule has 2 aromatic heterocycles. The van der Waals surface area contributed by atoms with Crippen LogP contribution >= 0.6 is 11.3 Å². The lowest BCUT2D eigenvalue weighted by Crippen LogP contribution is -2.41. The summed E-state index contributed by atoms with van der Waals surface area (Å²) in [4.78, 5) is 57.2. The molecule has 1 unspecified atom stereocenters. The lowest BCUT2D eigenvalue weighted by molar-refractivity contribution is -0.143. The van der Waals surface area contributed by atoms with Crippen molar-refractivity contribution in [1.29, 1.82) is 0 Å². The number of thiazole rings is 1. The van der Waals surface area contributed by atoms with Crippen molar-refractivity contribution in [3.63, 3.8) is 0 Å². The van der Waals surface area contributed by atoms with Gasteiger partial charge < -0.3 is 24.7 Å². The predicted molar refractivity (Wildman–Crippen MR) is 207 cm³/mol. The zero-order valence-electron chi connectivity index (χ0n) is 31.3. The fraction of sp³-hybridized carbons (Fsp3) is 0.568. The second-order valence-electron chi connectivity index (χ2n) is 13.4. The van der Waals surface area contributed by atoms with Crippen molar-refractivity contribution in [1.82, 2.24) is 29.9 Å². The summed E-state index contributed by atoms with van der Waals surface area (Å²) in [6.45, 7) is 13.4. The van der Waals surface area contributed by atoms with Crippen LogP contribution in [-0.2, 0) is 29.1 Å². The summed E-state index contributed by atoms with van der Waals surface area (Å²) >= 11 is 1.48. The second-order valence-corrected chi connectivity index (χ2v) is 16.2. The molecule has 53 heavy (non-hydrogen) atoms. The number of carbonyl (C=O) groups is 3. The van der Waals surface area contributed by atoms with Crippen LogP contribution in [0.2, 0.25) is 0 Å². The minimum Gasteiger partial charge on any atom is -0.497 e. The summed E-state index contributed by atoms with van der Waals surface area (Å²) in [6, 6.07) is 6.13. The molecule has 292 valence electrons. The number of hydrogen-bond donors (Lipinski definition) is 3. The van der Waals surface area contributed by atoms with Gasteiger partial charge in [-0.1, -0.05) is 19.9 Å². The Morgan fingerprint density at radius 1 is 1.11 bits per heavy atom. The van der Waals surface area contributed by atoms with Crippen molar-refractivity contribution >= 4 is 51.0 Å². The van der Waals surface area contributed by atoms with Crippen LogP contribution in [-0.4, -0.2) is 90.7 Å². The summed E-state index contributed by atoms with van der Waals surface area (Å²) in [6.07, 6.45) is 11.7. The Hall–Kier alpha value is -4.15. The van der Waals surface area contributed by atoms with Gasteiger partial charge in [0, 0.05) is 36.7 Å². The summed E-state index contributed by atoms with van der Waals surface area (Å²) in [5.74, 6) is 1.67. The van der Waals surface area contributed by atoms with Crippen molar-refractivity contribution in [3.8, 4) is 16.6 Å². The van der Waals surface area contributed by atoms with Crippen LogP contribution in [0.3, 0.4) is 0 Å². The van der Waals surface area contributed by atoms with E-state index in [1.165, 1.54) is 24.2 Å². The lowest BCUT2D eigenvalue weighted by atomic mass is 10.2. The van der Waals surface area contributed by atoms with Gasteiger partial charge in [0.05, 0.1) is 29.0 Å². The number of hydrogen-bond acceptors (Lipinski definition) is 11. The maximum Gasteiger partial charge on any atom is 0.259 e. The van der Waals surface area contributed by atoms with E-state index in [1.807, 2.05) is 23.3 Å². The van der Waals surface area contributed by atoms with E-state index in [9.17, 15) is 27.6 Å². The summed E-state index contributed by atoms with van der Waals surface area (Å²) < 4.78 is 33.8. The molecule has 0 spiro atoms. The van der Waals surface area contributed by atoms with E-state index in [-0.39, 0.29) is 29.2 Å². The number of unbranched alkanes of at least 4 members (excludes halogenated alkanes) is 2. The zero-order valence-corrected chi connectivity index (χ0v) is 33.0. The molecule has 16 heteroatoms. The molecule has 0 bridgehead atoms. The number of aromatic nitrogens is 3. The molecular weight excluding hydrogens is 721 g/mol. The molecule has 3 aliphatic rings. The van der Waals surface area contributed by atoms with Crippen molar-refractivity contribution in [2.24, 2.45) is 0 Å². The van der Waals surface area contributed by atoms with Crippen molar-refractivity contribution in [3.05, 3.63) is 52.3 Å². The van der Waals surface area contributed by atoms with E-state index >= 15 is 0 Å². The van der Waals surface area contributed by atoms with Gasteiger partial charge >= 0.3 is 0 Å². The second kappa shape index (κ2) is 21.5. The Morgan fingerprint density at radius 2 is 1.85 bits per heavy atom. The smallest absolute Gasteiger partial charge is 0.259 e. The molecule has 14 nitrogen and oxygen atoms in total. The van der Waals surface area contributed by atoms with Gasteiger partial charge in [-0.3, -0.25) is 23.9 Å². The van der Waals surface area contributed by atoms with Crippen LogP contribution < -0.4 is 20.3 Å². The number of sulfonamides is 1. The summed E-state index contributed by atoms with van der Waals surface area (Å²) in [5.41, 5.74) is 1.44. The fourth-order valence-corrected chi connectivity index (χ4v) is 7.12. The van der Waals surface area contributed by atoms with Gasteiger partial charge in [-0.25, -0.2) is 18.4 Å². The molecule has 6 rings (SSSR count). The minimum absolute atomic E-state index is 0.152. The molecule has 1 saturated heterocycles. The summed E-state index contributed by atoms with van der Waals surface area (Å²) in [7, 11) is -1.67. The average molecular weight is 775 g/mol. The number of amides is 3. The van der Waals surface area contributed by atoms with Gasteiger partial charge in [0.15, 0.2) is 10.8 Å². The predicted octanol–water partition coefficient (Wildman–Crippen LogP) is 5.06. The molecule has 0 radical (unpaired) electrons. The fourth-order valence-electron chi connectivity index (χ4n) is 5.11. The number of carbonyl (C=O) groups excluding carboxylic acids is 3. The Bertz CT molecular complexity index is 1800. The highest BCUT2D eigenvalue weighted by Gasteiger charge is 2.35. The van der Waals surface area contributed by atoms with Crippen molar-refractivity contribution < 1.29 is 32.3 Å². The number of likely N-dealkylation sites (tertiary alicyclic amines) is 1. The van der Waals surface area contributed by atoms with Gasteiger partial charge in [0.2, 0.25) is 22.8 Å². The average Bonchev–Trinajstić information content (AvgIpc) is 4.07. The van der Waals surface area contributed by atoms with Crippen LogP contribution in [0.15, 0.2) is 41.0 Å². The van der Waals surface area contributed by atoms with Crippen LogP contribution in [0.4, 0.5) is 0 Å². The zero-order chi connectivity index (χ0) is 39.0. The van der Waals surface area contributed by atoms with Gasteiger partial charge in [-0.2, -0.15) is 0 Å². The molecule has 2 saturated carbocycles. The first-order valence-electron chi connectivity index (χ1n) is 18.1. The first-order chi connectivity index (χ1) is 25.3. The van der Waals surface area contributed by atoms with Crippen LogP contribution in [0.1, 0.15) is 97.1 Å². The van der Waals surface area contributed by atoms with Crippen LogP contribution in [0.25, 0.3) is 21.7 Å². The Morgan fingerprint density at radius 3 is 2.38 bits per heavy atom. The van der Waals surface area contributed by atoms with Crippen LogP contribution in [0.5, 0.6) is 5.75 Å². The first-order valence-corrected chi connectivity index (χ1v) is 20.5. The number of methoxy groups -OCH3 is 1. The van der Waals surface area contributed by atoms with E-state index in [2.05, 4.69) is 47.6 Å². The third-order valence-electron chi connectivity index (χ3n) is 8.64. The van der Waals surface area contributed by atoms with Gasteiger partial charge in [0.1, 0.15) is 11.9 Å². The number of rotatable bonds is 15. The number of nitrogens with zero attached hydrogens (tertiary/aromatic N) is 3. The number of nitrogens with one attached hydrogen (secondary N) is 3. The third-order valence-corrected chi connectivity index (χ3v) is 11.3. The number of fused-ring (bicyclic) bond motifs is 1. The van der Waals surface area contributed by atoms with E-state index in [4.69, 9.17) is 9.47 Å². The quantitative estimate of drug-likeness (QED) is 0.107. The number of aromatic amines is 1. The molecule has 3 N–H and O–H groups in total. The van der Waals surface area contributed by atoms with E-state index in [1.54, 1.807) is 30.0 Å². The molecule has 2 atom stereocenters. The molecule has 3 aromatic rings. The molecular formula is C37H54N6O8S2. The monoisotopic (exact) mass is 774 g/mol. The molecule has 3 heterocycles. The van der Waals surface area contributed by atoms with Crippen molar-refractivity contribution in [2.75, 3.05) is 20.3 Å². The maximum absolute atomic E-state index is 12.2. The molecule has 1 aromatic carbocycles. The van der Waals surface area contributed by atoms with Gasteiger partial charge in [-0.15, -0.1) is 17.9 Å². The van der Waals surface area contributed by atoms with Crippen molar-refractivity contribution in [2.45, 2.75) is 115 Å². The maximum atomic E-state index is 12.2. The standard InChI is InChI=1S/C15H15N3O2S.C14H25NO2.C4H7NO3S.C4H7NO/c1-8(2)12-7-21-15(17-12)13-16-11-6-9(20-3)4-5-10(11)14(19)18-13;1-4-5-6-7-11-17-13(3)14(16)15-10-8-9-12(15)2;6-3-5-9(7,8)4-1-2-4;6-3-5-4-1-2-4/h4-8H,1-3H3,(H,16,18,19);4,12-13H,1,5-11H2,2-3H3;3-4H,1-2H2,(H,5,6);3-4H,1-2H2,(H,5,6)/t;12?,13-;;/m.1../s1. The molecule has 3 amide bonds. The van der Waals surface area contributed by atoms with E-state index in [0.717, 1.165) is 55.8 Å². The number of benzene rings is 1. The Labute approximate surface area is 316 Å². The molecule has 3 fully saturated rings. The Balaban J connectivity index is 0.000000209. The van der Waals surface area contributed by atoms with Crippen LogP contribution in [0, 0.1) is 0 Å². The van der Waals surface area contributed by atoms with E-state index in [0.29, 0.717) is 59.9 Å². The van der Waals surface area contributed by atoms with E-state index < -0.39 is 10.0 Å². The molecule has 2 aliphatic carbocycles. The number of ether oxygens (including phenoxy) is 2. The Kier molecular flexibility index (Phi) is 17.6. The molecule has 1 aliphatic heterocycles. The highest BCUT2D eigenvalue weighted by Crippen LogP contribution is 2.27. The number of H-pyrrole nitrogens is 1. The normalized spacial score (nSPS) is 16.9. The lowest BCUT2D eigenvalue weighted by Gasteiger charge is -2.25.